The van der Waals surface area contributed by atoms with E-state index in [1.165, 1.54) is 32.1 Å². The highest BCUT2D eigenvalue weighted by Crippen LogP contribution is 2.27. The van der Waals surface area contributed by atoms with Crippen LogP contribution in [0.25, 0.3) is 0 Å². The van der Waals surface area contributed by atoms with Gasteiger partial charge in [0.1, 0.15) is 0 Å². The lowest BCUT2D eigenvalue weighted by molar-refractivity contribution is 0.250. The quantitative estimate of drug-likeness (QED) is 0.821. The molecular weight excluding hydrogens is 188 g/mol. The van der Waals surface area contributed by atoms with Gasteiger partial charge in [-0.1, -0.05) is 24.5 Å². The summed E-state index contributed by atoms with van der Waals surface area (Å²) in [5.41, 5.74) is 1.48. The van der Waals surface area contributed by atoms with Gasteiger partial charge in [-0.3, -0.25) is 4.68 Å². The first-order valence-corrected chi connectivity index (χ1v) is 5.78. The molecule has 1 aliphatic carbocycles. The van der Waals surface area contributed by atoms with Crippen LogP contribution in [0.5, 0.6) is 0 Å². The lowest BCUT2D eigenvalue weighted by Crippen LogP contribution is -2.43. The number of aryl methyl sites for hydroxylation is 1. The van der Waals surface area contributed by atoms with E-state index in [0.29, 0.717) is 5.54 Å². The maximum Gasteiger partial charge on any atom is 0.0738 e. The third-order valence-electron chi connectivity index (χ3n) is 3.46. The van der Waals surface area contributed by atoms with E-state index in [0.717, 1.165) is 12.2 Å². The molecule has 1 aromatic heterocycles. The molecule has 1 N–H and O–H groups in total. The average Bonchev–Trinajstić information content (AvgIpc) is 2.62. The van der Waals surface area contributed by atoms with Crippen LogP contribution in [0, 0.1) is 0 Å². The van der Waals surface area contributed by atoms with Crippen LogP contribution in [0.1, 0.15) is 44.7 Å². The van der Waals surface area contributed by atoms with Gasteiger partial charge >= 0.3 is 0 Å². The van der Waals surface area contributed by atoms with Crippen LogP contribution in [-0.4, -0.2) is 20.5 Å². The first-order chi connectivity index (χ1) is 7.20. The zero-order valence-corrected chi connectivity index (χ0v) is 9.66. The molecule has 0 atom stereocenters. The van der Waals surface area contributed by atoms with Crippen LogP contribution in [0.4, 0.5) is 0 Å². The maximum absolute atomic E-state index is 3.93. The molecule has 0 bridgehead atoms. The Labute approximate surface area is 91.1 Å². The van der Waals surface area contributed by atoms with Gasteiger partial charge in [-0.2, -0.15) is 0 Å². The highest BCUT2D eigenvalue weighted by molar-refractivity contribution is 4.96. The molecule has 0 aliphatic heterocycles. The van der Waals surface area contributed by atoms with Gasteiger partial charge in [0.05, 0.1) is 11.9 Å². The second-order valence-corrected chi connectivity index (χ2v) is 4.82. The van der Waals surface area contributed by atoms with Crippen molar-refractivity contribution in [2.45, 2.75) is 51.1 Å². The van der Waals surface area contributed by atoms with E-state index in [1.807, 2.05) is 17.9 Å². The molecule has 0 unspecified atom stereocenters. The summed E-state index contributed by atoms with van der Waals surface area (Å²) in [6.07, 6.45) is 8.51. The van der Waals surface area contributed by atoms with E-state index in [-0.39, 0.29) is 0 Å². The van der Waals surface area contributed by atoms with Crippen molar-refractivity contribution < 1.29 is 0 Å². The van der Waals surface area contributed by atoms with Crippen molar-refractivity contribution in [1.29, 1.82) is 0 Å². The lowest BCUT2D eigenvalue weighted by atomic mass is 9.83. The first kappa shape index (κ1) is 10.6. The summed E-state index contributed by atoms with van der Waals surface area (Å²) in [5.74, 6) is 0. The Morgan fingerprint density at radius 3 is 2.73 bits per heavy atom. The van der Waals surface area contributed by atoms with Crippen LogP contribution in [0.3, 0.4) is 0 Å². The van der Waals surface area contributed by atoms with Crippen LogP contribution in [0.2, 0.25) is 0 Å². The SMILES string of the molecule is Cn1nncc1CNC1(C)CCCCC1. The molecule has 0 saturated heterocycles. The fraction of sp³-hybridized carbons (Fsp3) is 0.818. The second kappa shape index (κ2) is 4.31. The molecule has 4 nitrogen and oxygen atoms in total. The Morgan fingerprint density at radius 1 is 1.40 bits per heavy atom. The van der Waals surface area contributed by atoms with Gasteiger partial charge in [0.2, 0.25) is 0 Å². The molecular formula is C11H20N4. The number of nitrogens with one attached hydrogen (secondary N) is 1. The van der Waals surface area contributed by atoms with Gasteiger partial charge in [0.25, 0.3) is 0 Å². The molecule has 1 heterocycles. The first-order valence-electron chi connectivity index (χ1n) is 5.78. The molecule has 15 heavy (non-hydrogen) atoms. The zero-order valence-electron chi connectivity index (χ0n) is 9.66. The Bertz CT molecular complexity index is 312. The molecule has 1 aromatic rings. The van der Waals surface area contributed by atoms with Crippen molar-refractivity contribution in [2.75, 3.05) is 0 Å². The number of nitrogens with zero attached hydrogens (tertiary/aromatic N) is 3. The third-order valence-corrected chi connectivity index (χ3v) is 3.46. The number of hydrogen-bond donors (Lipinski definition) is 1. The molecule has 0 spiro atoms. The van der Waals surface area contributed by atoms with Crippen LogP contribution in [0.15, 0.2) is 6.20 Å². The highest BCUT2D eigenvalue weighted by atomic mass is 15.4. The minimum atomic E-state index is 0.322. The van der Waals surface area contributed by atoms with Crippen molar-refractivity contribution in [1.82, 2.24) is 20.3 Å². The summed E-state index contributed by atoms with van der Waals surface area (Å²) in [6.45, 7) is 3.20. The van der Waals surface area contributed by atoms with E-state index in [2.05, 4.69) is 22.6 Å². The normalized spacial score (nSPS) is 20.4. The van der Waals surface area contributed by atoms with E-state index in [4.69, 9.17) is 0 Å². The minimum Gasteiger partial charge on any atom is -0.306 e. The van der Waals surface area contributed by atoms with Gasteiger partial charge in [-0.15, -0.1) is 5.10 Å². The fourth-order valence-corrected chi connectivity index (χ4v) is 2.28. The van der Waals surface area contributed by atoms with Crippen LogP contribution in [-0.2, 0) is 13.6 Å². The summed E-state index contributed by atoms with van der Waals surface area (Å²) >= 11 is 0. The standard InChI is InChI=1S/C11H20N4/c1-11(6-4-3-5-7-11)12-8-10-9-13-14-15(10)2/h9,12H,3-8H2,1-2H3. The summed E-state index contributed by atoms with van der Waals surface area (Å²) in [4.78, 5) is 0. The average molecular weight is 208 g/mol. The van der Waals surface area contributed by atoms with Gasteiger partial charge in [0.15, 0.2) is 0 Å². The maximum atomic E-state index is 3.93. The highest BCUT2D eigenvalue weighted by Gasteiger charge is 2.25. The Morgan fingerprint density at radius 2 is 2.13 bits per heavy atom. The molecule has 0 radical (unpaired) electrons. The molecule has 2 rings (SSSR count). The molecule has 84 valence electrons. The molecule has 0 amide bonds. The van der Waals surface area contributed by atoms with Crippen molar-refractivity contribution in [3.8, 4) is 0 Å². The summed E-state index contributed by atoms with van der Waals surface area (Å²) < 4.78 is 1.83. The van der Waals surface area contributed by atoms with Crippen molar-refractivity contribution in [2.24, 2.45) is 7.05 Å². The predicted octanol–water partition coefficient (Wildman–Crippen LogP) is 1.63. The summed E-state index contributed by atoms with van der Waals surface area (Å²) in [5, 5.41) is 11.5. The second-order valence-electron chi connectivity index (χ2n) is 4.82. The summed E-state index contributed by atoms with van der Waals surface area (Å²) in [7, 11) is 1.94. The van der Waals surface area contributed by atoms with Crippen LogP contribution < -0.4 is 5.32 Å². The van der Waals surface area contributed by atoms with E-state index < -0.39 is 0 Å². The Hall–Kier alpha value is -0.900. The molecule has 1 saturated carbocycles. The number of hydrogen-bond acceptors (Lipinski definition) is 3. The topological polar surface area (TPSA) is 42.7 Å². The molecule has 4 heteroatoms. The zero-order chi connectivity index (χ0) is 10.7. The van der Waals surface area contributed by atoms with Gasteiger partial charge in [-0.25, -0.2) is 0 Å². The molecule has 1 aliphatic rings. The van der Waals surface area contributed by atoms with E-state index in [9.17, 15) is 0 Å². The van der Waals surface area contributed by atoms with Crippen molar-refractivity contribution in [3.05, 3.63) is 11.9 Å². The minimum absolute atomic E-state index is 0.322. The predicted molar refractivity (Wildman–Crippen MR) is 59.3 cm³/mol. The van der Waals surface area contributed by atoms with Gasteiger partial charge < -0.3 is 5.32 Å². The Kier molecular flexibility index (Phi) is 3.05. The fourth-order valence-electron chi connectivity index (χ4n) is 2.28. The number of rotatable bonds is 3. The van der Waals surface area contributed by atoms with Crippen molar-refractivity contribution in [3.63, 3.8) is 0 Å². The van der Waals surface area contributed by atoms with Crippen molar-refractivity contribution >= 4 is 0 Å². The van der Waals surface area contributed by atoms with Gasteiger partial charge in [-0.05, 0) is 19.8 Å². The van der Waals surface area contributed by atoms with Gasteiger partial charge in [0, 0.05) is 19.1 Å². The lowest BCUT2D eigenvalue weighted by Gasteiger charge is -2.34. The Balaban J connectivity index is 1.89. The van der Waals surface area contributed by atoms with E-state index >= 15 is 0 Å². The number of aromatic nitrogens is 3. The summed E-state index contributed by atoms with van der Waals surface area (Å²) in [6, 6.07) is 0. The smallest absolute Gasteiger partial charge is 0.0738 e. The molecule has 0 aromatic carbocycles. The largest absolute Gasteiger partial charge is 0.306 e. The molecule has 1 fully saturated rings. The third kappa shape index (κ3) is 2.56. The van der Waals surface area contributed by atoms with Crippen LogP contribution >= 0.6 is 0 Å². The van der Waals surface area contributed by atoms with E-state index in [1.54, 1.807) is 0 Å². The monoisotopic (exact) mass is 208 g/mol.